The Balaban J connectivity index is 2.13. The van der Waals surface area contributed by atoms with Crippen LogP contribution in [-0.4, -0.2) is 43.4 Å². The van der Waals surface area contributed by atoms with E-state index in [9.17, 15) is 13.2 Å². The molecule has 1 aromatic carbocycles. The van der Waals surface area contributed by atoms with Crippen LogP contribution in [0.25, 0.3) is 0 Å². The van der Waals surface area contributed by atoms with E-state index in [-0.39, 0.29) is 10.8 Å². The number of hydrogen-bond donors (Lipinski definition) is 1. The highest BCUT2D eigenvalue weighted by Gasteiger charge is 2.16. The third kappa shape index (κ3) is 4.03. The van der Waals surface area contributed by atoms with Crippen LogP contribution in [0.15, 0.2) is 58.8 Å². The molecule has 0 radical (unpaired) electrons. The fraction of sp³-hybridized carbons (Fsp3) is 0.188. The van der Waals surface area contributed by atoms with Gasteiger partial charge in [-0.25, -0.2) is 18.1 Å². The number of pyridine rings is 1. The Morgan fingerprint density at radius 1 is 1.04 bits per heavy atom. The average molecular weight is 346 g/mol. The molecule has 126 valence electrons. The predicted octanol–water partition coefficient (Wildman–Crippen LogP) is 1.49. The zero-order chi connectivity index (χ0) is 17.7. The van der Waals surface area contributed by atoms with Crippen LogP contribution in [-0.2, 0) is 10.0 Å². The molecule has 0 fully saturated rings. The molecule has 0 aliphatic heterocycles. The first-order valence-electron chi connectivity index (χ1n) is 7.10. The van der Waals surface area contributed by atoms with E-state index in [0.717, 1.165) is 4.31 Å². The van der Waals surface area contributed by atoms with Crippen molar-refractivity contribution >= 4 is 21.6 Å². The molecule has 2 aromatic rings. The van der Waals surface area contributed by atoms with Gasteiger partial charge in [0.25, 0.3) is 5.91 Å². The van der Waals surface area contributed by atoms with Crippen molar-refractivity contribution in [1.29, 1.82) is 0 Å². The fourth-order valence-electron chi connectivity index (χ4n) is 1.85. The lowest BCUT2D eigenvalue weighted by molar-refractivity contribution is 0.0954. The van der Waals surface area contributed by atoms with E-state index in [1.54, 1.807) is 31.2 Å². The minimum Gasteiger partial charge on any atom is -0.267 e. The summed E-state index contributed by atoms with van der Waals surface area (Å²) in [6, 6.07) is 9.48. The molecule has 0 saturated heterocycles. The molecular weight excluding hydrogens is 328 g/mol. The second-order valence-corrected chi connectivity index (χ2v) is 7.34. The molecule has 0 aliphatic carbocycles. The van der Waals surface area contributed by atoms with E-state index in [4.69, 9.17) is 0 Å². The second-order valence-electron chi connectivity index (χ2n) is 5.19. The van der Waals surface area contributed by atoms with Crippen molar-refractivity contribution in [3.05, 3.63) is 59.9 Å². The Kier molecular flexibility index (Phi) is 5.42. The largest absolute Gasteiger partial charge is 0.271 e. The lowest BCUT2D eigenvalue weighted by Gasteiger charge is -2.11. The second kappa shape index (κ2) is 7.33. The maximum absolute atomic E-state index is 12.0. The van der Waals surface area contributed by atoms with Crippen LogP contribution in [0.4, 0.5) is 0 Å². The summed E-state index contributed by atoms with van der Waals surface area (Å²) in [4.78, 5) is 16.0. The van der Waals surface area contributed by atoms with Crippen molar-refractivity contribution in [1.82, 2.24) is 14.7 Å². The van der Waals surface area contributed by atoms with Crippen molar-refractivity contribution in [2.75, 3.05) is 14.1 Å². The van der Waals surface area contributed by atoms with E-state index in [1.807, 2.05) is 0 Å². The quantitative estimate of drug-likeness (QED) is 0.656. The number of carbonyl (C=O) groups is 1. The van der Waals surface area contributed by atoms with Crippen LogP contribution < -0.4 is 5.43 Å². The van der Waals surface area contributed by atoms with Gasteiger partial charge in [0.1, 0.15) is 0 Å². The highest BCUT2D eigenvalue weighted by atomic mass is 32.2. The smallest absolute Gasteiger partial charge is 0.267 e. The molecular formula is C16H18N4O3S. The van der Waals surface area contributed by atoms with E-state index >= 15 is 0 Å². The SMILES string of the molecule is C/C(=N/NC(=O)c1ccncc1)c1ccc(S(=O)(=O)N(C)C)cc1. The Bertz CT molecular complexity index is 845. The number of sulfonamides is 1. The number of hydrazone groups is 1. The molecule has 1 N–H and O–H groups in total. The minimum atomic E-state index is -3.46. The van der Waals surface area contributed by atoms with Crippen molar-refractivity contribution in [3.63, 3.8) is 0 Å². The minimum absolute atomic E-state index is 0.199. The zero-order valence-corrected chi connectivity index (χ0v) is 14.4. The van der Waals surface area contributed by atoms with Gasteiger partial charge >= 0.3 is 0 Å². The van der Waals surface area contributed by atoms with Gasteiger partial charge in [0.15, 0.2) is 0 Å². The van der Waals surface area contributed by atoms with E-state index < -0.39 is 10.0 Å². The van der Waals surface area contributed by atoms with Gasteiger partial charge in [-0.3, -0.25) is 9.78 Å². The summed E-state index contributed by atoms with van der Waals surface area (Å²) >= 11 is 0. The molecule has 0 saturated carbocycles. The van der Waals surface area contributed by atoms with Crippen LogP contribution in [0.3, 0.4) is 0 Å². The lowest BCUT2D eigenvalue weighted by Crippen LogP contribution is -2.22. The summed E-state index contributed by atoms with van der Waals surface area (Å²) in [7, 11) is -0.510. The normalized spacial score (nSPS) is 12.2. The number of nitrogens with zero attached hydrogens (tertiary/aromatic N) is 3. The van der Waals surface area contributed by atoms with Gasteiger partial charge in [-0.15, -0.1) is 0 Å². The summed E-state index contributed by atoms with van der Waals surface area (Å²) < 4.78 is 25.2. The molecule has 0 spiro atoms. The molecule has 0 atom stereocenters. The summed E-state index contributed by atoms with van der Waals surface area (Å²) in [5.74, 6) is -0.344. The molecule has 2 rings (SSSR count). The number of amides is 1. The first-order chi connectivity index (χ1) is 11.3. The van der Waals surface area contributed by atoms with E-state index in [0.29, 0.717) is 16.8 Å². The Hall–Kier alpha value is -2.58. The zero-order valence-electron chi connectivity index (χ0n) is 13.6. The number of hydrogen-bond acceptors (Lipinski definition) is 5. The number of aromatic nitrogens is 1. The molecule has 0 unspecified atom stereocenters. The standard InChI is InChI=1S/C16H18N4O3S/c1-12(18-19-16(21)14-8-10-17-11-9-14)13-4-6-15(7-5-13)24(22,23)20(2)3/h4-11H,1-3H3,(H,19,21)/b18-12-. The van der Waals surface area contributed by atoms with Gasteiger partial charge in [-0.2, -0.15) is 5.10 Å². The van der Waals surface area contributed by atoms with Crippen LogP contribution >= 0.6 is 0 Å². The predicted molar refractivity (Wildman–Crippen MR) is 91.2 cm³/mol. The molecule has 8 heteroatoms. The number of nitrogens with one attached hydrogen (secondary N) is 1. The van der Waals surface area contributed by atoms with E-state index in [2.05, 4.69) is 15.5 Å². The average Bonchev–Trinajstić information content (AvgIpc) is 2.60. The Labute approximate surface area is 141 Å². The molecule has 1 amide bonds. The van der Waals surface area contributed by atoms with Gasteiger partial charge in [-0.05, 0) is 36.8 Å². The molecule has 0 aliphatic rings. The maximum atomic E-state index is 12.0. The van der Waals surface area contributed by atoms with Crippen molar-refractivity contribution in [3.8, 4) is 0 Å². The maximum Gasteiger partial charge on any atom is 0.271 e. The van der Waals surface area contributed by atoms with Crippen molar-refractivity contribution in [2.24, 2.45) is 5.10 Å². The lowest BCUT2D eigenvalue weighted by atomic mass is 10.1. The first-order valence-corrected chi connectivity index (χ1v) is 8.54. The van der Waals surface area contributed by atoms with Crippen LogP contribution in [0.5, 0.6) is 0 Å². The molecule has 24 heavy (non-hydrogen) atoms. The van der Waals surface area contributed by atoms with Crippen molar-refractivity contribution in [2.45, 2.75) is 11.8 Å². The molecule has 7 nitrogen and oxygen atoms in total. The number of carbonyl (C=O) groups excluding carboxylic acids is 1. The highest BCUT2D eigenvalue weighted by molar-refractivity contribution is 7.89. The molecule has 1 heterocycles. The Morgan fingerprint density at radius 2 is 1.62 bits per heavy atom. The number of rotatable bonds is 5. The third-order valence-corrected chi connectivity index (χ3v) is 5.15. The molecule has 0 bridgehead atoms. The van der Waals surface area contributed by atoms with Crippen LogP contribution in [0, 0.1) is 0 Å². The highest BCUT2D eigenvalue weighted by Crippen LogP contribution is 2.14. The van der Waals surface area contributed by atoms with Gasteiger partial charge in [0.2, 0.25) is 10.0 Å². The van der Waals surface area contributed by atoms with Crippen LogP contribution in [0.1, 0.15) is 22.8 Å². The van der Waals surface area contributed by atoms with Gasteiger partial charge in [0, 0.05) is 32.1 Å². The fourth-order valence-corrected chi connectivity index (χ4v) is 2.75. The van der Waals surface area contributed by atoms with Gasteiger partial charge in [0.05, 0.1) is 10.6 Å². The third-order valence-electron chi connectivity index (χ3n) is 3.32. The van der Waals surface area contributed by atoms with Gasteiger partial charge in [-0.1, -0.05) is 12.1 Å². The summed E-state index contributed by atoms with van der Waals surface area (Å²) in [5.41, 5.74) is 4.18. The summed E-state index contributed by atoms with van der Waals surface area (Å²) in [6.45, 7) is 1.72. The Morgan fingerprint density at radius 3 is 2.17 bits per heavy atom. The van der Waals surface area contributed by atoms with E-state index in [1.165, 1.54) is 38.6 Å². The van der Waals surface area contributed by atoms with Gasteiger partial charge < -0.3 is 0 Å². The van der Waals surface area contributed by atoms with Crippen molar-refractivity contribution < 1.29 is 13.2 Å². The number of benzene rings is 1. The topological polar surface area (TPSA) is 91.7 Å². The summed E-state index contributed by atoms with van der Waals surface area (Å²) in [6.07, 6.45) is 3.05. The van der Waals surface area contributed by atoms with Crippen LogP contribution in [0.2, 0.25) is 0 Å². The molecule has 1 aromatic heterocycles. The monoisotopic (exact) mass is 346 g/mol. The summed E-state index contributed by atoms with van der Waals surface area (Å²) in [5, 5.41) is 4.03. The first kappa shape index (κ1) is 17.8.